The third kappa shape index (κ3) is 5.87. The van der Waals surface area contributed by atoms with Gasteiger partial charge >= 0.3 is 0 Å². The van der Waals surface area contributed by atoms with Crippen molar-refractivity contribution in [3.8, 4) is 5.75 Å². The van der Waals surface area contributed by atoms with Crippen molar-refractivity contribution in [1.82, 2.24) is 4.90 Å². The van der Waals surface area contributed by atoms with Gasteiger partial charge in [-0.25, -0.2) is 4.39 Å². The fourth-order valence-electron chi connectivity index (χ4n) is 0.782. The number of ether oxygens (including phenoxy) is 1. The highest BCUT2D eigenvalue weighted by molar-refractivity contribution is 6.67. The van der Waals surface area contributed by atoms with Gasteiger partial charge in [0.05, 0.1) is 12.7 Å². The molecule has 0 aliphatic carbocycles. The highest BCUT2D eigenvalue weighted by Crippen LogP contribution is 2.17. The Morgan fingerprint density at radius 1 is 1.47 bits per heavy atom. The smallest absolute Gasteiger partial charge is 0.255 e. The van der Waals surface area contributed by atoms with E-state index in [0.29, 0.717) is 5.75 Å². The van der Waals surface area contributed by atoms with Gasteiger partial charge < -0.3 is 9.64 Å². The first-order chi connectivity index (χ1) is 7.92. The van der Waals surface area contributed by atoms with Gasteiger partial charge in [0.1, 0.15) is 11.6 Å². The number of benzene rings is 1. The molecule has 0 atom stereocenters. The molecule has 0 saturated heterocycles. The summed E-state index contributed by atoms with van der Waals surface area (Å²) in [6.07, 6.45) is 0.750. The van der Waals surface area contributed by atoms with Gasteiger partial charge in [-0.1, -0.05) is 0 Å². The first-order valence-electron chi connectivity index (χ1n) is 4.57. The van der Waals surface area contributed by atoms with Crippen molar-refractivity contribution in [3.63, 3.8) is 0 Å². The van der Waals surface area contributed by atoms with Crippen LogP contribution in [-0.4, -0.2) is 37.8 Å². The zero-order valence-corrected chi connectivity index (χ0v) is 10.5. The lowest BCUT2D eigenvalue weighted by Crippen LogP contribution is -2.06. The topological polar surface area (TPSA) is 46.6 Å². The van der Waals surface area contributed by atoms with E-state index in [4.69, 9.17) is 16.3 Å². The summed E-state index contributed by atoms with van der Waals surface area (Å²) in [6, 6.07) is 3.86. The van der Waals surface area contributed by atoms with Gasteiger partial charge in [0.15, 0.2) is 0 Å². The van der Waals surface area contributed by atoms with Crippen LogP contribution in [0.5, 0.6) is 5.75 Å². The van der Waals surface area contributed by atoms with Gasteiger partial charge in [-0.2, -0.15) is 0 Å². The fraction of sp³-hybridized carbons (Fsp3) is 0.273. The molecular formula is C11H13ClFNO3. The number of carbonyl (C=O) groups excluding carboxylic acids is 2. The lowest BCUT2D eigenvalue weighted by Gasteiger charge is -2.00. The number of rotatable bonds is 3. The molecule has 0 aromatic heterocycles. The van der Waals surface area contributed by atoms with Gasteiger partial charge in [0, 0.05) is 20.2 Å². The molecule has 6 heteroatoms. The minimum Gasteiger partial charge on any atom is -0.497 e. The van der Waals surface area contributed by atoms with Gasteiger partial charge in [-0.05, 0) is 23.7 Å². The molecule has 1 amide bonds. The van der Waals surface area contributed by atoms with E-state index in [1.54, 1.807) is 14.1 Å². The Hall–Kier alpha value is -1.62. The van der Waals surface area contributed by atoms with E-state index < -0.39 is 11.1 Å². The molecule has 1 aromatic rings. The maximum atomic E-state index is 12.9. The first-order valence-corrected chi connectivity index (χ1v) is 4.95. The number of amides is 1. The lowest BCUT2D eigenvalue weighted by atomic mass is 10.2. The molecule has 0 spiro atoms. The summed E-state index contributed by atoms with van der Waals surface area (Å²) in [4.78, 5) is 21.4. The van der Waals surface area contributed by atoms with Crippen molar-refractivity contribution < 1.29 is 18.7 Å². The highest BCUT2D eigenvalue weighted by Gasteiger charge is 2.09. The minimum atomic E-state index is -0.810. The number of hydrogen-bond donors (Lipinski definition) is 0. The Kier molecular flexibility index (Phi) is 6.89. The van der Waals surface area contributed by atoms with Crippen LogP contribution in [0.3, 0.4) is 0 Å². The molecule has 0 aliphatic heterocycles. The van der Waals surface area contributed by atoms with Crippen molar-refractivity contribution >= 4 is 23.3 Å². The molecule has 17 heavy (non-hydrogen) atoms. The molecule has 94 valence electrons. The molecule has 1 aromatic carbocycles. The Bertz CT molecular complexity index is 396. The third-order valence-corrected chi connectivity index (χ3v) is 1.80. The number of hydrogen-bond acceptors (Lipinski definition) is 3. The van der Waals surface area contributed by atoms with Crippen LogP contribution in [0.2, 0.25) is 0 Å². The van der Waals surface area contributed by atoms with E-state index >= 15 is 0 Å². The van der Waals surface area contributed by atoms with Crippen LogP contribution >= 0.6 is 11.6 Å². The summed E-state index contributed by atoms with van der Waals surface area (Å²) in [5.41, 5.74) is -0.141. The average molecular weight is 262 g/mol. The predicted molar refractivity (Wildman–Crippen MR) is 62.9 cm³/mol. The minimum absolute atomic E-state index is 0.141. The summed E-state index contributed by atoms with van der Waals surface area (Å²) >= 11 is 5.08. The molecular weight excluding hydrogens is 249 g/mol. The van der Waals surface area contributed by atoms with Gasteiger partial charge in [0.2, 0.25) is 6.41 Å². The molecule has 0 bridgehead atoms. The van der Waals surface area contributed by atoms with Gasteiger partial charge in [-0.15, -0.1) is 0 Å². The SMILES string of the molecule is CN(C)C=O.COc1ccc(C(=O)Cl)c(F)c1. The summed E-state index contributed by atoms with van der Waals surface area (Å²) in [5, 5.41) is -0.810. The lowest BCUT2D eigenvalue weighted by molar-refractivity contribution is -0.115. The zero-order valence-electron chi connectivity index (χ0n) is 9.74. The Morgan fingerprint density at radius 2 is 2.00 bits per heavy atom. The Balaban J connectivity index is 0.000000437. The van der Waals surface area contributed by atoms with Crippen molar-refractivity contribution in [3.05, 3.63) is 29.6 Å². The van der Waals surface area contributed by atoms with Crippen LogP contribution < -0.4 is 4.74 Å². The van der Waals surface area contributed by atoms with Crippen LogP contribution in [0.25, 0.3) is 0 Å². The molecule has 4 nitrogen and oxygen atoms in total. The standard InChI is InChI=1S/C8H6ClFO2.C3H7NO/c1-12-5-2-3-6(8(9)11)7(10)4-5;1-4(2)3-5/h2-4H,1H3;3H,1-2H3. The number of halogens is 2. The largest absolute Gasteiger partial charge is 0.497 e. The van der Waals surface area contributed by atoms with Crippen LogP contribution in [0, 0.1) is 5.82 Å². The molecule has 0 unspecified atom stereocenters. The molecule has 0 fully saturated rings. The molecule has 1 rings (SSSR count). The third-order valence-electron chi connectivity index (χ3n) is 1.60. The van der Waals surface area contributed by atoms with E-state index in [9.17, 15) is 14.0 Å². The van der Waals surface area contributed by atoms with Crippen LogP contribution in [0.15, 0.2) is 18.2 Å². The number of nitrogens with zero attached hydrogens (tertiary/aromatic N) is 1. The fourth-order valence-corrected chi connectivity index (χ4v) is 0.935. The summed E-state index contributed by atoms with van der Waals surface area (Å²) in [7, 11) is 4.79. The average Bonchev–Trinajstić information content (AvgIpc) is 2.29. The highest BCUT2D eigenvalue weighted by atomic mass is 35.5. The number of methoxy groups -OCH3 is 1. The molecule has 0 heterocycles. The monoisotopic (exact) mass is 261 g/mol. The van der Waals surface area contributed by atoms with Crippen molar-refractivity contribution in [1.29, 1.82) is 0 Å². The zero-order chi connectivity index (χ0) is 13.4. The van der Waals surface area contributed by atoms with Crippen LogP contribution in [0.1, 0.15) is 10.4 Å². The molecule has 0 N–H and O–H groups in total. The molecule has 0 radical (unpaired) electrons. The van der Waals surface area contributed by atoms with E-state index in [1.807, 2.05) is 0 Å². The summed E-state index contributed by atoms with van der Waals surface area (Å²) in [6.45, 7) is 0. The van der Waals surface area contributed by atoms with Crippen LogP contribution in [0.4, 0.5) is 4.39 Å². The van der Waals surface area contributed by atoms with Crippen molar-refractivity contribution in [2.75, 3.05) is 21.2 Å². The second-order valence-corrected chi connectivity index (χ2v) is 3.53. The Labute approximate surface area is 104 Å². The van der Waals surface area contributed by atoms with E-state index in [1.165, 1.54) is 24.1 Å². The first kappa shape index (κ1) is 15.4. The maximum absolute atomic E-state index is 12.9. The van der Waals surface area contributed by atoms with E-state index in [-0.39, 0.29) is 5.56 Å². The van der Waals surface area contributed by atoms with Crippen molar-refractivity contribution in [2.24, 2.45) is 0 Å². The predicted octanol–water partition coefficient (Wildman–Crippen LogP) is 1.92. The summed E-state index contributed by atoms with van der Waals surface area (Å²) < 4.78 is 17.6. The van der Waals surface area contributed by atoms with E-state index in [2.05, 4.69) is 0 Å². The van der Waals surface area contributed by atoms with Gasteiger partial charge in [-0.3, -0.25) is 9.59 Å². The summed E-state index contributed by atoms with van der Waals surface area (Å²) in [5.74, 6) is -0.316. The van der Waals surface area contributed by atoms with Crippen molar-refractivity contribution in [2.45, 2.75) is 0 Å². The molecule has 0 aliphatic rings. The van der Waals surface area contributed by atoms with Gasteiger partial charge in [0.25, 0.3) is 5.24 Å². The maximum Gasteiger partial charge on any atom is 0.255 e. The van der Waals surface area contributed by atoms with Crippen LogP contribution in [-0.2, 0) is 4.79 Å². The van der Waals surface area contributed by atoms with E-state index in [0.717, 1.165) is 12.5 Å². The normalized spacial score (nSPS) is 8.76. The number of carbonyl (C=O) groups is 2. The second-order valence-electron chi connectivity index (χ2n) is 3.19. The molecule has 0 saturated carbocycles. The second kappa shape index (κ2) is 7.62. The Morgan fingerprint density at radius 3 is 2.29 bits per heavy atom. The quantitative estimate of drug-likeness (QED) is 0.617.